The number of hydrogen-bond donors (Lipinski definition) is 0. The van der Waals surface area contributed by atoms with Gasteiger partial charge in [-0.15, -0.1) is 0 Å². The van der Waals surface area contributed by atoms with Crippen LogP contribution in [-0.4, -0.2) is 12.0 Å². The highest BCUT2D eigenvalue weighted by molar-refractivity contribution is 5.50. The first-order valence-corrected chi connectivity index (χ1v) is 5.64. The molecule has 0 saturated heterocycles. The summed E-state index contributed by atoms with van der Waals surface area (Å²) in [6, 6.07) is 12.5. The fourth-order valence-electron chi connectivity index (χ4n) is 1.59. The van der Waals surface area contributed by atoms with Crippen molar-refractivity contribution in [2.45, 2.75) is 0 Å². The average molecular weight is 270 g/mol. The Kier molecular flexibility index (Phi) is 3.82. The predicted molar refractivity (Wildman–Crippen MR) is 70.9 cm³/mol. The van der Waals surface area contributed by atoms with Crippen LogP contribution in [0.2, 0.25) is 0 Å². The molecule has 0 fully saturated rings. The van der Waals surface area contributed by atoms with Crippen molar-refractivity contribution in [3.63, 3.8) is 0 Å². The van der Waals surface area contributed by atoms with Crippen LogP contribution in [0.25, 0.3) is 0 Å². The van der Waals surface area contributed by atoms with E-state index in [0.29, 0.717) is 11.3 Å². The van der Waals surface area contributed by atoms with Crippen molar-refractivity contribution in [3.05, 3.63) is 58.1 Å². The Morgan fingerprint density at radius 1 is 1.20 bits per heavy atom. The third-order valence-corrected chi connectivity index (χ3v) is 2.57. The fourth-order valence-corrected chi connectivity index (χ4v) is 1.59. The van der Waals surface area contributed by atoms with Crippen molar-refractivity contribution in [1.29, 1.82) is 5.26 Å². The van der Waals surface area contributed by atoms with Gasteiger partial charge in [0.15, 0.2) is 0 Å². The number of methoxy groups -OCH3 is 1. The maximum Gasteiger partial charge on any atom is 0.273 e. The quantitative estimate of drug-likeness (QED) is 0.628. The lowest BCUT2D eigenvalue weighted by atomic mass is 10.2. The molecule has 0 spiro atoms. The summed E-state index contributed by atoms with van der Waals surface area (Å²) in [6.07, 6.45) is 0. The van der Waals surface area contributed by atoms with Gasteiger partial charge in [-0.2, -0.15) is 5.26 Å². The number of nitro benzene ring substituents is 1. The number of non-ortho nitro benzene ring substituents is 1. The highest BCUT2D eigenvalue weighted by atomic mass is 16.6. The lowest BCUT2D eigenvalue weighted by molar-refractivity contribution is -0.384. The highest BCUT2D eigenvalue weighted by Crippen LogP contribution is 2.30. The molecule has 0 radical (unpaired) electrons. The molecule has 0 heterocycles. The molecule has 0 amide bonds. The van der Waals surface area contributed by atoms with Gasteiger partial charge >= 0.3 is 0 Å². The molecule has 20 heavy (non-hydrogen) atoms. The Morgan fingerprint density at radius 3 is 2.65 bits per heavy atom. The second-order valence-corrected chi connectivity index (χ2v) is 3.83. The van der Waals surface area contributed by atoms with E-state index >= 15 is 0 Å². The third kappa shape index (κ3) is 2.84. The minimum absolute atomic E-state index is 0.0797. The summed E-state index contributed by atoms with van der Waals surface area (Å²) in [4.78, 5) is 10.2. The van der Waals surface area contributed by atoms with Crippen LogP contribution < -0.4 is 9.47 Å². The molecule has 0 aliphatic rings. The van der Waals surface area contributed by atoms with Crippen LogP contribution in [0.5, 0.6) is 17.2 Å². The highest BCUT2D eigenvalue weighted by Gasteiger charge is 2.10. The molecule has 0 unspecified atom stereocenters. The van der Waals surface area contributed by atoms with Gasteiger partial charge in [-0.3, -0.25) is 10.1 Å². The van der Waals surface area contributed by atoms with Crippen molar-refractivity contribution in [2.24, 2.45) is 0 Å². The summed E-state index contributed by atoms with van der Waals surface area (Å²) in [5.74, 6) is 1.10. The van der Waals surface area contributed by atoms with E-state index in [1.807, 2.05) is 6.07 Å². The summed E-state index contributed by atoms with van der Waals surface area (Å²) in [7, 11) is 1.50. The van der Waals surface area contributed by atoms with E-state index in [1.165, 1.54) is 25.3 Å². The Labute approximate surface area is 114 Å². The van der Waals surface area contributed by atoms with E-state index < -0.39 is 4.92 Å². The number of hydrogen-bond acceptors (Lipinski definition) is 5. The zero-order chi connectivity index (χ0) is 14.5. The molecular formula is C14H10N2O4. The SMILES string of the molecule is COc1ccc(C#N)c(Oc2cccc([N+](=O)[O-])c2)c1. The number of ether oxygens (including phenoxy) is 2. The van der Waals surface area contributed by atoms with Crippen LogP contribution in [-0.2, 0) is 0 Å². The van der Waals surface area contributed by atoms with Gasteiger partial charge < -0.3 is 9.47 Å². The summed E-state index contributed by atoms with van der Waals surface area (Å²) in [6.45, 7) is 0. The summed E-state index contributed by atoms with van der Waals surface area (Å²) in [5, 5.41) is 19.7. The Balaban J connectivity index is 2.36. The maximum absolute atomic E-state index is 10.7. The number of nitrogens with zero attached hydrogens (tertiary/aromatic N) is 2. The number of benzene rings is 2. The monoisotopic (exact) mass is 270 g/mol. The van der Waals surface area contributed by atoms with Crippen LogP contribution in [0, 0.1) is 21.4 Å². The van der Waals surface area contributed by atoms with Gasteiger partial charge in [0.2, 0.25) is 0 Å². The molecule has 0 atom stereocenters. The fraction of sp³-hybridized carbons (Fsp3) is 0.0714. The van der Waals surface area contributed by atoms with Gasteiger partial charge in [0, 0.05) is 12.1 Å². The van der Waals surface area contributed by atoms with E-state index in [9.17, 15) is 10.1 Å². The van der Waals surface area contributed by atoms with Gasteiger partial charge in [0.25, 0.3) is 5.69 Å². The van der Waals surface area contributed by atoms with E-state index in [2.05, 4.69) is 0 Å². The molecule has 6 heteroatoms. The minimum atomic E-state index is -0.510. The van der Waals surface area contributed by atoms with Crippen molar-refractivity contribution >= 4 is 5.69 Å². The molecule has 0 aliphatic carbocycles. The van der Waals surface area contributed by atoms with Crippen molar-refractivity contribution < 1.29 is 14.4 Å². The summed E-state index contributed by atoms with van der Waals surface area (Å²) < 4.78 is 10.6. The van der Waals surface area contributed by atoms with E-state index in [1.54, 1.807) is 24.3 Å². The number of nitriles is 1. The second kappa shape index (κ2) is 5.71. The van der Waals surface area contributed by atoms with Crippen molar-refractivity contribution in [3.8, 4) is 23.3 Å². The lowest BCUT2D eigenvalue weighted by Crippen LogP contribution is -1.92. The van der Waals surface area contributed by atoms with E-state index in [0.717, 1.165) is 0 Å². The molecule has 0 bridgehead atoms. The molecule has 6 nitrogen and oxygen atoms in total. The molecule has 0 aromatic heterocycles. The van der Waals surface area contributed by atoms with Crippen LogP contribution in [0.4, 0.5) is 5.69 Å². The molecule has 2 aromatic rings. The lowest BCUT2D eigenvalue weighted by Gasteiger charge is -2.08. The Morgan fingerprint density at radius 2 is 2.00 bits per heavy atom. The first kappa shape index (κ1) is 13.4. The summed E-state index contributed by atoms with van der Waals surface area (Å²) >= 11 is 0. The minimum Gasteiger partial charge on any atom is -0.497 e. The molecule has 2 aromatic carbocycles. The zero-order valence-electron chi connectivity index (χ0n) is 10.6. The first-order valence-electron chi connectivity index (χ1n) is 5.64. The number of rotatable bonds is 4. The van der Waals surface area contributed by atoms with Crippen molar-refractivity contribution in [2.75, 3.05) is 7.11 Å². The van der Waals surface area contributed by atoms with Gasteiger partial charge in [0.05, 0.1) is 23.7 Å². The Bertz CT molecular complexity index is 692. The second-order valence-electron chi connectivity index (χ2n) is 3.83. The topological polar surface area (TPSA) is 85.4 Å². The van der Waals surface area contributed by atoms with Gasteiger partial charge in [-0.1, -0.05) is 6.07 Å². The smallest absolute Gasteiger partial charge is 0.273 e. The molecular weight excluding hydrogens is 260 g/mol. The third-order valence-electron chi connectivity index (χ3n) is 2.57. The number of nitro groups is 1. The van der Waals surface area contributed by atoms with Crippen LogP contribution in [0.15, 0.2) is 42.5 Å². The largest absolute Gasteiger partial charge is 0.497 e. The Hall–Kier alpha value is -3.07. The molecule has 0 N–H and O–H groups in total. The zero-order valence-corrected chi connectivity index (χ0v) is 10.6. The maximum atomic E-state index is 10.7. The van der Waals surface area contributed by atoms with Crippen LogP contribution in [0.3, 0.4) is 0 Å². The van der Waals surface area contributed by atoms with Gasteiger partial charge in [-0.25, -0.2) is 0 Å². The standard InChI is InChI=1S/C14H10N2O4/c1-19-12-6-5-10(9-15)14(8-12)20-13-4-2-3-11(7-13)16(17)18/h2-8H,1H3. The molecule has 100 valence electrons. The van der Waals surface area contributed by atoms with E-state index in [-0.39, 0.29) is 17.2 Å². The summed E-state index contributed by atoms with van der Waals surface area (Å²) in [5.41, 5.74) is 0.237. The van der Waals surface area contributed by atoms with Gasteiger partial charge in [0.1, 0.15) is 23.3 Å². The average Bonchev–Trinajstić information content (AvgIpc) is 2.47. The van der Waals surface area contributed by atoms with Crippen LogP contribution >= 0.6 is 0 Å². The normalized spacial score (nSPS) is 9.60. The molecule has 0 saturated carbocycles. The predicted octanol–water partition coefficient (Wildman–Crippen LogP) is 3.27. The first-order chi connectivity index (χ1) is 9.63. The van der Waals surface area contributed by atoms with Gasteiger partial charge in [-0.05, 0) is 18.2 Å². The van der Waals surface area contributed by atoms with Crippen molar-refractivity contribution in [1.82, 2.24) is 0 Å². The molecule has 2 rings (SSSR count). The van der Waals surface area contributed by atoms with E-state index in [4.69, 9.17) is 14.7 Å². The molecule has 0 aliphatic heterocycles. The van der Waals surface area contributed by atoms with Crippen LogP contribution in [0.1, 0.15) is 5.56 Å².